The van der Waals surface area contributed by atoms with Crippen LogP contribution in [-0.2, 0) is 11.2 Å². The van der Waals surface area contributed by atoms with Crippen LogP contribution in [0.25, 0.3) is 10.9 Å². The van der Waals surface area contributed by atoms with Crippen molar-refractivity contribution in [1.82, 2.24) is 14.8 Å². The number of aromatic nitrogens is 1. The van der Waals surface area contributed by atoms with Crippen molar-refractivity contribution in [1.29, 1.82) is 0 Å². The summed E-state index contributed by atoms with van der Waals surface area (Å²) in [4.78, 5) is 20.9. The lowest BCUT2D eigenvalue weighted by atomic mass is 10.1. The van der Waals surface area contributed by atoms with Gasteiger partial charge in [0.05, 0.1) is 6.42 Å². The molecule has 2 heterocycles. The van der Waals surface area contributed by atoms with Crippen molar-refractivity contribution < 1.29 is 4.79 Å². The number of amides is 1. The first-order valence-electron chi connectivity index (χ1n) is 9.30. The number of carbonyl (C=O) groups is 1. The lowest BCUT2D eigenvalue weighted by Crippen LogP contribution is -2.51. The molecule has 0 atom stereocenters. The molecule has 1 N–H and O–H groups in total. The second kappa shape index (κ2) is 6.60. The minimum absolute atomic E-state index is 0.272. The summed E-state index contributed by atoms with van der Waals surface area (Å²) in [6.07, 6.45) is 5.97. The Balaban J connectivity index is 1.40. The second-order valence-electron chi connectivity index (χ2n) is 7.31. The van der Waals surface area contributed by atoms with Crippen LogP contribution in [0.4, 0.5) is 0 Å². The summed E-state index contributed by atoms with van der Waals surface area (Å²) in [5.74, 6) is 0.272. The highest BCUT2D eigenvalue weighted by atomic mass is 16.2. The van der Waals surface area contributed by atoms with Crippen molar-refractivity contribution in [3.8, 4) is 0 Å². The highest BCUT2D eigenvalue weighted by Gasteiger charge is 2.28. The lowest BCUT2D eigenvalue weighted by molar-refractivity contribution is -0.132. The fourth-order valence-corrected chi connectivity index (χ4v) is 4.43. The Hall–Kier alpha value is -1.81. The van der Waals surface area contributed by atoms with E-state index < -0.39 is 0 Å². The first-order chi connectivity index (χ1) is 11.7. The number of hydrogen-bond donors (Lipinski definition) is 1. The maximum Gasteiger partial charge on any atom is 0.227 e. The van der Waals surface area contributed by atoms with Crippen molar-refractivity contribution >= 4 is 16.8 Å². The molecule has 1 aromatic heterocycles. The van der Waals surface area contributed by atoms with Crippen LogP contribution in [-0.4, -0.2) is 52.9 Å². The van der Waals surface area contributed by atoms with Gasteiger partial charge in [-0.25, -0.2) is 0 Å². The van der Waals surface area contributed by atoms with Gasteiger partial charge in [0.15, 0.2) is 0 Å². The predicted octanol–water partition coefficient (Wildman–Crippen LogP) is 3.11. The minimum atomic E-state index is 0.272. The summed E-state index contributed by atoms with van der Waals surface area (Å²) >= 11 is 0. The maximum atomic E-state index is 12.8. The van der Waals surface area contributed by atoms with Crippen LogP contribution < -0.4 is 0 Å². The average molecular weight is 325 g/mol. The third-order valence-corrected chi connectivity index (χ3v) is 5.86. The first-order valence-corrected chi connectivity index (χ1v) is 9.30. The van der Waals surface area contributed by atoms with E-state index in [-0.39, 0.29) is 5.91 Å². The van der Waals surface area contributed by atoms with E-state index in [2.05, 4.69) is 33.8 Å². The van der Waals surface area contributed by atoms with Gasteiger partial charge in [-0.1, -0.05) is 31.0 Å². The summed E-state index contributed by atoms with van der Waals surface area (Å²) in [7, 11) is 0. The van der Waals surface area contributed by atoms with Crippen LogP contribution in [0.3, 0.4) is 0 Å². The summed E-state index contributed by atoms with van der Waals surface area (Å²) in [5, 5.41) is 1.19. The van der Waals surface area contributed by atoms with Crippen LogP contribution in [0, 0.1) is 6.92 Å². The molecule has 1 saturated heterocycles. The van der Waals surface area contributed by atoms with Crippen LogP contribution in [0.1, 0.15) is 36.9 Å². The van der Waals surface area contributed by atoms with Gasteiger partial charge in [0.1, 0.15) is 0 Å². The van der Waals surface area contributed by atoms with Crippen LogP contribution in [0.2, 0.25) is 0 Å². The van der Waals surface area contributed by atoms with Crippen LogP contribution in [0.15, 0.2) is 24.3 Å². The summed E-state index contributed by atoms with van der Waals surface area (Å²) < 4.78 is 0. The molecule has 0 unspecified atom stereocenters. The predicted molar refractivity (Wildman–Crippen MR) is 97.1 cm³/mol. The Kier molecular flexibility index (Phi) is 4.31. The molecule has 2 fully saturated rings. The number of aryl methyl sites for hydroxylation is 1. The van der Waals surface area contributed by atoms with Gasteiger partial charge >= 0.3 is 0 Å². The molecule has 0 radical (unpaired) electrons. The largest absolute Gasteiger partial charge is 0.358 e. The standard InChI is InChI=1S/C20H27N3O/c1-15-18(17-8-4-5-9-19(17)21-15)14-20(24)23-12-10-22(11-13-23)16-6-2-3-7-16/h4-5,8-9,16,21H,2-3,6-7,10-14H2,1H3. The van der Waals surface area contributed by atoms with E-state index in [9.17, 15) is 4.79 Å². The van der Waals surface area contributed by atoms with Gasteiger partial charge < -0.3 is 9.88 Å². The van der Waals surface area contributed by atoms with Gasteiger partial charge in [0.2, 0.25) is 5.91 Å². The number of nitrogens with one attached hydrogen (secondary N) is 1. The van der Waals surface area contributed by atoms with Gasteiger partial charge in [-0.05, 0) is 31.4 Å². The number of hydrogen-bond acceptors (Lipinski definition) is 2. The zero-order chi connectivity index (χ0) is 16.5. The number of nitrogens with zero attached hydrogens (tertiary/aromatic N) is 2. The van der Waals surface area contributed by atoms with Crippen molar-refractivity contribution in [2.45, 2.75) is 45.1 Å². The maximum absolute atomic E-state index is 12.8. The number of rotatable bonds is 3. The molecule has 4 heteroatoms. The Morgan fingerprint density at radius 2 is 1.83 bits per heavy atom. The molecule has 0 bridgehead atoms. The smallest absolute Gasteiger partial charge is 0.227 e. The molecule has 2 aromatic rings. The second-order valence-corrected chi connectivity index (χ2v) is 7.31. The molecule has 4 rings (SSSR count). The summed E-state index contributed by atoms with van der Waals surface area (Å²) in [6, 6.07) is 9.05. The number of fused-ring (bicyclic) bond motifs is 1. The van der Waals surface area contributed by atoms with E-state index in [1.54, 1.807) is 0 Å². The quantitative estimate of drug-likeness (QED) is 0.942. The van der Waals surface area contributed by atoms with Gasteiger partial charge in [-0.3, -0.25) is 9.69 Å². The fourth-order valence-electron chi connectivity index (χ4n) is 4.43. The third kappa shape index (κ3) is 2.95. The molecule has 1 amide bonds. The number of H-pyrrole nitrogens is 1. The normalized spacial score (nSPS) is 20.1. The molecule has 1 aromatic carbocycles. The topological polar surface area (TPSA) is 39.3 Å². The van der Waals surface area contributed by atoms with Crippen molar-refractivity contribution in [2.24, 2.45) is 0 Å². The number of piperazine rings is 1. The lowest BCUT2D eigenvalue weighted by Gasteiger charge is -2.38. The fraction of sp³-hybridized carbons (Fsp3) is 0.550. The van der Waals surface area contributed by atoms with E-state index in [4.69, 9.17) is 0 Å². The summed E-state index contributed by atoms with van der Waals surface area (Å²) in [6.45, 7) is 5.93. The monoisotopic (exact) mass is 325 g/mol. The molecule has 128 valence electrons. The van der Waals surface area contributed by atoms with E-state index in [1.165, 1.54) is 31.1 Å². The Labute approximate surface area is 143 Å². The van der Waals surface area contributed by atoms with Crippen molar-refractivity contribution in [2.75, 3.05) is 26.2 Å². The highest BCUT2D eigenvalue weighted by molar-refractivity contribution is 5.90. The Morgan fingerprint density at radius 3 is 2.58 bits per heavy atom. The first kappa shape index (κ1) is 15.7. The molecule has 1 saturated carbocycles. The average Bonchev–Trinajstić information content (AvgIpc) is 3.24. The molecule has 1 aliphatic heterocycles. The molecule has 24 heavy (non-hydrogen) atoms. The van der Waals surface area contributed by atoms with Crippen LogP contribution >= 0.6 is 0 Å². The Bertz CT molecular complexity index is 722. The van der Waals surface area contributed by atoms with Gasteiger partial charge in [-0.15, -0.1) is 0 Å². The molecular formula is C20H27N3O. The molecule has 2 aliphatic rings. The number of para-hydroxylation sites is 1. The van der Waals surface area contributed by atoms with Gasteiger partial charge in [0.25, 0.3) is 0 Å². The van der Waals surface area contributed by atoms with E-state index in [1.807, 2.05) is 12.1 Å². The van der Waals surface area contributed by atoms with E-state index in [0.29, 0.717) is 6.42 Å². The molecule has 0 spiro atoms. The summed E-state index contributed by atoms with van der Waals surface area (Å²) in [5.41, 5.74) is 3.41. The highest BCUT2D eigenvalue weighted by Crippen LogP contribution is 2.25. The van der Waals surface area contributed by atoms with E-state index >= 15 is 0 Å². The third-order valence-electron chi connectivity index (χ3n) is 5.86. The Morgan fingerprint density at radius 1 is 1.12 bits per heavy atom. The zero-order valence-corrected chi connectivity index (χ0v) is 14.6. The van der Waals surface area contributed by atoms with Gasteiger partial charge in [-0.2, -0.15) is 0 Å². The molecule has 4 nitrogen and oxygen atoms in total. The van der Waals surface area contributed by atoms with Gasteiger partial charge in [0, 0.05) is 48.8 Å². The molecule has 1 aliphatic carbocycles. The van der Waals surface area contributed by atoms with Crippen molar-refractivity contribution in [3.05, 3.63) is 35.5 Å². The minimum Gasteiger partial charge on any atom is -0.358 e. The molecular weight excluding hydrogens is 298 g/mol. The zero-order valence-electron chi connectivity index (χ0n) is 14.6. The van der Waals surface area contributed by atoms with Crippen molar-refractivity contribution in [3.63, 3.8) is 0 Å². The van der Waals surface area contributed by atoms with Crippen LogP contribution in [0.5, 0.6) is 0 Å². The number of carbonyl (C=O) groups excluding carboxylic acids is 1. The number of aromatic amines is 1. The van der Waals surface area contributed by atoms with E-state index in [0.717, 1.165) is 49.0 Å². The SMILES string of the molecule is Cc1[nH]c2ccccc2c1CC(=O)N1CCN(C2CCCC2)CC1. The number of benzene rings is 1.